The van der Waals surface area contributed by atoms with Crippen molar-refractivity contribution in [3.63, 3.8) is 0 Å². The summed E-state index contributed by atoms with van der Waals surface area (Å²) < 4.78 is 20.1. The van der Waals surface area contributed by atoms with E-state index in [9.17, 15) is 9.18 Å². The zero-order chi connectivity index (χ0) is 22.8. The number of hydrogen-bond donors (Lipinski definition) is 0. The number of benzene rings is 2. The molecule has 9 heteroatoms. The van der Waals surface area contributed by atoms with Crippen molar-refractivity contribution in [3.8, 4) is 17.0 Å². The number of hydrogen-bond acceptors (Lipinski definition) is 4. The Bertz CT molecular complexity index is 1130. The number of rotatable bonds is 5. The number of ether oxygens (including phenoxy) is 1. The van der Waals surface area contributed by atoms with Crippen molar-refractivity contribution in [1.82, 2.24) is 14.7 Å². The molecule has 0 spiro atoms. The summed E-state index contributed by atoms with van der Waals surface area (Å²) in [6, 6.07) is 11.7. The van der Waals surface area contributed by atoms with Crippen LogP contribution in [-0.2, 0) is 11.3 Å². The second kappa shape index (κ2) is 9.38. The van der Waals surface area contributed by atoms with Crippen LogP contribution in [0.3, 0.4) is 0 Å². The first-order valence-electron chi connectivity index (χ1n) is 10.2. The Labute approximate surface area is 196 Å². The molecule has 4 rings (SSSR count). The molecule has 2 aromatic carbocycles. The summed E-state index contributed by atoms with van der Waals surface area (Å²) >= 11 is 12.6. The molecule has 0 unspecified atom stereocenters. The number of halogens is 3. The first-order chi connectivity index (χ1) is 15.4. The van der Waals surface area contributed by atoms with Crippen LogP contribution in [0.25, 0.3) is 11.3 Å². The lowest BCUT2D eigenvalue weighted by Gasteiger charge is -2.36. The van der Waals surface area contributed by atoms with Gasteiger partial charge in [-0.1, -0.05) is 23.2 Å². The summed E-state index contributed by atoms with van der Waals surface area (Å²) in [4.78, 5) is 17.0. The zero-order valence-electron chi connectivity index (χ0n) is 17.8. The molecule has 1 amide bonds. The quantitative estimate of drug-likeness (QED) is 0.537. The van der Waals surface area contributed by atoms with Gasteiger partial charge >= 0.3 is 0 Å². The van der Waals surface area contributed by atoms with E-state index < -0.39 is 0 Å². The van der Waals surface area contributed by atoms with Crippen LogP contribution in [0.2, 0.25) is 10.0 Å². The molecule has 0 atom stereocenters. The van der Waals surface area contributed by atoms with E-state index in [4.69, 9.17) is 27.9 Å². The summed E-state index contributed by atoms with van der Waals surface area (Å²) in [5.74, 6) is 0.282. The molecule has 3 aromatic rings. The Balaban J connectivity index is 1.41. The lowest BCUT2D eigenvalue weighted by atomic mass is 10.1. The smallest absolute Gasteiger partial charge is 0.244 e. The van der Waals surface area contributed by atoms with Gasteiger partial charge in [0, 0.05) is 43.5 Å². The zero-order valence-corrected chi connectivity index (χ0v) is 19.3. The summed E-state index contributed by atoms with van der Waals surface area (Å²) in [6.45, 7) is 4.53. The van der Waals surface area contributed by atoms with Gasteiger partial charge in [-0.15, -0.1) is 0 Å². The third kappa shape index (κ3) is 4.54. The second-order valence-electron chi connectivity index (χ2n) is 7.60. The van der Waals surface area contributed by atoms with Crippen LogP contribution >= 0.6 is 23.2 Å². The van der Waals surface area contributed by atoms with Gasteiger partial charge < -0.3 is 14.5 Å². The fourth-order valence-corrected chi connectivity index (χ4v) is 4.20. The minimum Gasteiger partial charge on any atom is -0.495 e. The Hall–Kier alpha value is -2.77. The van der Waals surface area contributed by atoms with E-state index in [1.807, 2.05) is 30.0 Å². The number of methoxy groups -OCH3 is 1. The molecule has 0 N–H and O–H groups in total. The van der Waals surface area contributed by atoms with Crippen LogP contribution < -0.4 is 9.64 Å². The normalized spacial score (nSPS) is 14.0. The molecule has 0 saturated carbocycles. The van der Waals surface area contributed by atoms with Crippen LogP contribution in [0, 0.1) is 12.7 Å². The van der Waals surface area contributed by atoms with Crippen molar-refractivity contribution >= 4 is 34.8 Å². The minimum absolute atomic E-state index is 0.0220. The van der Waals surface area contributed by atoms with E-state index in [-0.39, 0.29) is 18.3 Å². The molecule has 1 aliphatic heterocycles. The molecular formula is C23H23Cl2FN4O2. The Morgan fingerprint density at radius 3 is 2.44 bits per heavy atom. The summed E-state index contributed by atoms with van der Waals surface area (Å²) in [6.07, 6.45) is 0. The number of amides is 1. The van der Waals surface area contributed by atoms with Gasteiger partial charge in [0.15, 0.2) is 0 Å². The molecule has 32 heavy (non-hydrogen) atoms. The van der Waals surface area contributed by atoms with Crippen LogP contribution in [-0.4, -0.2) is 53.9 Å². The predicted molar refractivity (Wildman–Crippen MR) is 124 cm³/mol. The van der Waals surface area contributed by atoms with Gasteiger partial charge in [0.05, 0.1) is 22.8 Å². The summed E-state index contributed by atoms with van der Waals surface area (Å²) in [5, 5.41) is 5.54. The molecule has 0 radical (unpaired) electrons. The maximum atomic E-state index is 13.2. The van der Waals surface area contributed by atoms with Crippen molar-refractivity contribution in [1.29, 1.82) is 0 Å². The van der Waals surface area contributed by atoms with Crippen LogP contribution in [0.5, 0.6) is 5.75 Å². The lowest BCUT2D eigenvalue weighted by Crippen LogP contribution is -2.49. The molecule has 1 fully saturated rings. The van der Waals surface area contributed by atoms with Crippen LogP contribution in [0.15, 0.2) is 42.5 Å². The predicted octanol–water partition coefficient (Wildman–Crippen LogP) is 4.66. The Morgan fingerprint density at radius 2 is 1.78 bits per heavy atom. The van der Waals surface area contributed by atoms with E-state index >= 15 is 0 Å². The topological polar surface area (TPSA) is 50.6 Å². The molecule has 1 aromatic heterocycles. The monoisotopic (exact) mass is 476 g/mol. The highest BCUT2D eigenvalue weighted by Gasteiger charge is 2.24. The number of anilines is 1. The third-order valence-corrected chi connectivity index (χ3v) is 6.43. The Morgan fingerprint density at radius 1 is 1.09 bits per heavy atom. The maximum Gasteiger partial charge on any atom is 0.244 e. The molecular weight excluding hydrogens is 454 g/mol. The highest BCUT2D eigenvalue weighted by Crippen LogP contribution is 2.31. The fourth-order valence-electron chi connectivity index (χ4n) is 3.76. The summed E-state index contributed by atoms with van der Waals surface area (Å²) in [7, 11) is 1.59. The molecule has 168 valence electrons. The highest BCUT2D eigenvalue weighted by atomic mass is 35.5. The van der Waals surface area contributed by atoms with E-state index in [1.165, 1.54) is 12.1 Å². The fraction of sp³-hybridized carbons (Fsp3) is 0.304. The van der Waals surface area contributed by atoms with Gasteiger partial charge in [-0.05, 0) is 43.3 Å². The first kappa shape index (κ1) is 22.4. The SMILES string of the molecule is COc1cc(N2CCN(C(=O)Cn3nc(-c4ccc(F)cc4)c(Cl)c3C)CC2)ccc1Cl. The minimum atomic E-state index is -0.326. The number of piperazine rings is 1. The van der Waals surface area contributed by atoms with Crippen molar-refractivity contribution in [2.75, 3.05) is 38.2 Å². The van der Waals surface area contributed by atoms with Crippen molar-refractivity contribution in [2.45, 2.75) is 13.5 Å². The lowest BCUT2D eigenvalue weighted by molar-refractivity contribution is -0.132. The van der Waals surface area contributed by atoms with Crippen molar-refractivity contribution < 1.29 is 13.9 Å². The molecule has 0 bridgehead atoms. The molecule has 6 nitrogen and oxygen atoms in total. The van der Waals surface area contributed by atoms with E-state index in [2.05, 4.69) is 10.00 Å². The van der Waals surface area contributed by atoms with Gasteiger partial charge in [0.2, 0.25) is 5.91 Å². The van der Waals surface area contributed by atoms with Crippen LogP contribution in [0.1, 0.15) is 5.69 Å². The number of aromatic nitrogens is 2. The van der Waals surface area contributed by atoms with Crippen LogP contribution in [0.4, 0.5) is 10.1 Å². The van der Waals surface area contributed by atoms with Gasteiger partial charge in [0.25, 0.3) is 0 Å². The highest BCUT2D eigenvalue weighted by molar-refractivity contribution is 6.33. The Kier molecular flexibility index (Phi) is 6.58. The average molecular weight is 477 g/mol. The summed E-state index contributed by atoms with van der Waals surface area (Å²) in [5.41, 5.74) is 2.96. The number of carbonyl (C=O) groups is 1. The second-order valence-corrected chi connectivity index (χ2v) is 8.38. The van der Waals surface area contributed by atoms with Gasteiger partial charge in [0.1, 0.15) is 23.8 Å². The van der Waals surface area contributed by atoms with Crippen molar-refractivity contribution in [3.05, 3.63) is 64.0 Å². The average Bonchev–Trinajstić information content (AvgIpc) is 3.08. The number of nitrogens with zero attached hydrogens (tertiary/aromatic N) is 4. The van der Waals surface area contributed by atoms with E-state index in [0.29, 0.717) is 58.9 Å². The molecule has 1 saturated heterocycles. The molecule has 0 aliphatic carbocycles. The number of carbonyl (C=O) groups excluding carboxylic acids is 1. The van der Waals surface area contributed by atoms with Crippen molar-refractivity contribution in [2.24, 2.45) is 0 Å². The third-order valence-electron chi connectivity index (χ3n) is 5.67. The van der Waals surface area contributed by atoms with Gasteiger partial charge in [-0.3, -0.25) is 9.48 Å². The first-order valence-corrected chi connectivity index (χ1v) is 11.0. The molecule has 2 heterocycles. The van der Waals surface area contributed by atoms with Gasteiger partial charge in [-0.2, -0.15) is 5.10 Å². The van der Waals surface area contributed by atoms with E-state index in [1.54, 1.807) is 23.9 Å². The standard InChI is InChI=1S/C23H23Cl2FN4O2/c1-15-22(25)23(16-3-5-17(26)6-4-16)27-30(15)14-21(31)29-11-9-28(10-12-29)18-7-8-19(24)20(13-18)32-2/h3-8,13H,9-12,14H2,1-2H3. The maximum absolute atomic E-state index is 13.2. The van der Waals surface area contributed by atoms with Gasteiger partial charge in [-0.25, -0.2) is 4.39 Å². The van der Waals surface area contributed by atoms with E-state index in [0.717, 1.165) is 5.69 Å². The largest absolute Gasteiger partial charge is 0.495 e. The molecule has 1 aliphatic rings.